The molecule has 56 heavy (non-hydrogen) atoms. The second kappa shape index (κ2) is 34.2. The standard InChI is InChI=1S/C46H94NO8P/c1-36(2)17-11-19-38(5)21-13-23-40(7)25-15-27-42(9)29-31-52-33-44(34-54-56(50,51)55-35-45(47)46(48)49)53-32-30-43(10)28-16-26-41(8)24-14-22-39(6)20-12-18-37(3)4/h36-45H,11-35,47H2,1-10H3,(H,48,49)(H,50,51)/p-1/t38-,39-,40-,41-,42-,43-,44+,45+/m1/s1. The third kappa shape index (κ3) is 35.4. The lowest BCUT2D eigenvalue weighted by molar-refractivity contribution is -0.441. The van der Waals surface area contributed by atoms with Crippen LogP contribution in [0, 0.1) is 47.3 Å². The first-order valence-electron chi connectivity index (χ1n) is 23.2. The molecule has 3 N–H and O–H groups in total. The van der Waals surface area contributed by atoms with E-state index in [2.05, 4.69) is 75.0 Å². The van der Waals surface area contributed by atoms with Gasteiger partial charge >= 0.3 is 0 Å². The highest BCUT2D eigenvalue weighted by Crippen LogP contribution is 2.38. The van der Waals surface area contributed by atoms with Crippen LogP contribution in [-0.4, -0.2) is 51.1 Å². The first-order valence-corrected chi connectivity index (χ1v) is 24.7. The number of ether oxygens (including phenoxy) is 2. The van der Waals surface area contributed by atoms with Crippen LogP contribution in [-0.2, 0) is 27.9 Å². The molecule has 0 saturated heterocycles. The van der Waals surface area contributed by atoms with Gasteiger partial charge in [-0.1, -0.05) is 185 Å². The molecule has 336 valence electrons. The average Bonchev–Trinajstić information content (AvgIpc) is 3.10. The molecule has 0 radical (unpaired) electrons. The van der Waals surface area contributed by atoms with Crippen LogP contribution in [0.15, 0.2) is 0 Å². The van der Waals surface area contributed by atoms with Gasteiger partial charge in [0.05, 0.1) is 13.2 Å². The van der Waals surface area contributed by atoms with Crippen LogP contribution >= 0.6 is 7.82 Å². The minimum absolute atomic E-state index is 0.207. The molecule has 0 aromatic heterocycles. The van der Waals surface area contributed by atoms with Gasteiger partial charge < -0.3 is 39.0 Å². The second-order valence-corrected chi connectivity index (χ2v) is 20.6. The van der Waals surface area contributed by atoms with Gasteiger partial charge in [0.25, 0.3) is 7.82 Å². The number of carboxylic acid groups (broad SMARTS) is 1. The molecule has 0 aliphatic heterocycles. The summed E-state index contributed by atoms with van der Waals surface area (Å²) in [6.07, 6.45) is 24.6. The number of hydrogen-bond acceptors (Lipinski definition) is 8. The fourth-order valence-corrected chi connectivity index (χ4v) is 8.20. The first-order chi connectivity index (χ1) is 26.4. The maximum Gasteiger partial charge on any atom is 0.268 e. The molecule has 0 amide bonds. The van der Waals surface area contributed by atoms with Gasteiger partial charge in [-0.05, 0) is 60.2 Å². The molecule has 0 spiro atoms. The van der Waals surface area contributed by atoms with E-state index in [9.17, 15) is 19.4 Å². The summed E-state index contributed by atoms with van der Waals surface area (Å²) >= 11 is 0. The van der Waals surface area contributed by atoms with Gasteiger partial charge in [-0.2, -0.15) is 0 Å². The van der Waals surface area contributed by atoms with Gasteiger partial charge in [0.1, 0.15) is 24.7 Å². The Bertz CT molecular complexity index is 967. The van der Waals surface area contributed by atoms with E-state index in [0.717, 1.165) is 54.8 Å². The van der Waals surface area contributed by atoms with E-state index in [1.807, 2.05) is 0 Å². The zero-order chi connectivity index (χ0) is 42.4. The van der Waals surface area contributed by atoms with Crippen molar-refractivity contribution in [3.05, 3.63) is 0 Å². The summed E-state index contributed by atoms with van der Waals surface area (Å²) in [5, 5.41) is 10.9. The molecule has 0 fully saturated rings. The van der Waals surface area contributed by atoms with Crippen molar-refractivity contribution in [1.82, 2.24) is 0 Å². The second-order valence-electron chi connectivity index (χ2n) is 19.2. The summed E-state index contributed by atoms with van der Waals surface area (Å²) in [6, 6.07) is -1.32. The summed E-state index contributed by atoms with van der Waals surface area (Å²) in [5.41, 5.74) is 3.33. The molecule has 0 rings (SSSR count). The third-order valence-corrected chi connectivity index (χ3v) is 12.7. The fourth-order valence-electron chi connectivity index (χ4n) is 7.41. The van der Waals surface area contributed by atoms with Crippen molar-refractivity contribution in [3.8, 4) is 0 Å². The van der Waals surface area contributed by atoms with Gasteiger partial charge in [-0.15, -0.1) is 0 Å². The Hall–Kier alpha value is -0.540. The predicted octanol–water partition coefficient (Wildman–Crippen LogP) is 10.2. The first kappa shape index (κ1) is 55.5. The molecule has 9 atom stereocenters. The van der Waals surface area contributed by atoms with E-state index in [-0.39, 0.29) is 13.2 Å². The monoisotopic (exact) mass is 819 g/mol. The number of phosphoric ester groups is 1. The number of aliphatic carboxylic acids is 1. The molecule has 0 aromatic carbocycles. The molecule has 9 nitrogen and oxygen atoms in total. The Morgan fingerprint density at radius 3 is 1.18 bits per heavy atom. The normalized spacial score (nSPS) is 17.7. The molecule has 0 bridgehead atoms. The average molecular weight is 819 g/mol. The van der Waals surface area contributed by atoms with Crippen LogP contribution in [0.25, 0.3) is 0 Å². The van der Waals surface area contributed by atoms with Gasteiger partial charge in [0.2, 0.25) is 0 Å². The summed E-state index contributed by atoms with van der Waals surface area (Å²) in [5.74, 6) is 4.33. The molecular formula is C46H93NO8P-. The lowest BCUT2D eigenvalue weighted by Crippen LogP contribution is -2.70. The number of rotatable bonds is 40. The number of carboxylic acids is 1. The molecule has 0 heterocycles. The molecular weight excluding hydrogens is 725 g/mol. The molecule has 10 heteroatoms. The minimum Gasteiger partial charge on any atom is -0.756 e. The van der Waals surface area contributed by atoms with E-state index in [1.54, 1.807) is 0 Å². The van der Waals surface area contributed by atoms with Crippen LogP contribution in [0.4, 0.5) is 0 Å². The number of quaternary nitrogens is 1. The minimum atomic E-state index is -4.75. The Labute approximate surface area is 346 Å². The van der Waals surface area contributed by atoms with Crippen molar-refractivity contribution in [3.63, 3.8) is 0 Å². The van der Waals surface area contributed by atoms with Gasteiger partial charge in [-0.25, -0.2) is 0 Å². The van der Waals surface area contributed by atoms with Crippen molar-refractivity contribution < 1.29 is 43.6 Å². The summed E-state index contributed by atoms with van der Waals surface area (Å²) in [7, 11) is -4.75. The number of hydrogen-bond donors (Lipinski definition) is 1. The number of phosphoric acid groups is 1. The van der Waals surface area contributed by atoms with E-state index >= 15 is 0 Å². The number of carbonyl (C=O) groups excluding carboxylic acids is 1. The van der Waals surface area contributed by atoms with Gasteiger partial charge in [0, 0.05) is 13.2 Å². The molecule has 1 unspecified atom stereocenters. The van der Waals surface area contributed by atoms with Gasteiger partial charge in [-0.3, -0.25) is 4.57 Å². The molecule has 0 aliphatic rings. The molecule has 0 saturated carbocycles. The molecule has 0 aliphatic carbocycles. The topological polar surface area (TPSA) is 145 Å². The van der Waals surface area contributed by atoms with Crippen LogP contribution < -0.4 is 15.7 Å². The smallest absolute Gasteiger partial charge is 0.268 e. The molecule has 0 aromatic rings. The Balaban J connectivity index is 4.56. The maximum atomic E-state index is 12.3. The van der Waals surface area contributed by atoms with Crippen molar-refractivity contribution >= 4 is 13.8 Å². The highest BCUT2D eigenvalue weighted by molar-refractivity contribution is 7.45. The predicted molar refractivity (Wildman–Crippen MR) is 229 cm³/mol. The summed E-state index contributed by atoms with van der Waals surface area (Å²) in [6.45, 7) is 23.7. The van der Waals surface area contributed by atoms with Crippen LogP contribution in [0.1, 0.15) is 198 Å². The van der Waals surface area contributed by atoms with E-state index < -0.39 is 32.5 Å². The summed E-state index contributed by atoms with van der Waals surface area (Å²) < 4.78 is 34.3. The quantitative estimate of drug-likeness (QED) is 0.0475. The van der Waals surface area contributed by atoms with E-state index in [0.29, 0.717) is 25.0 Å². The van der Waals surface area contributed by atoms with Crippen molar-refractivity contribution in [1.29, 1.82) is 0 Å². The zero-order valence-electron chi connectivity index (χ0n) is 38.4. The third-order valence-electron chi connectivity index (χ3n) is 11.7. The maximum absolute atomic E-state index is 12.3. The highest BCUT2D eigenvalue weighted by Gasteiger charge is 2.20. The van der Waals surface area contributed by atoms with Crippen LogP contribution in [0.3, 0.4) is 0 Å². The van der Waals surface area contributed by atoms with Gasteiger partial charge in [0.15, 0.2) is 0 Å². The zero-order valence-corrected chi connectivity index (χ0v) is 39.3. The summed E-state index contributed by atoms with van der Waals surface area (Å²) in [4.78, 5) is 23.3. The highest BCUT2D eigenvalue weighted by atomic mass is 31.2. The Kier molecular flexibility index (Phi) is 33.9. The van der Waals surface area contributed by atoms with E-state index in [4.69, 9.17) is 18.5 Å². The van der Waals surface area contributed by atoms with Crippen molar-refractivity contribution in [2.45, 2.75) is 210 Å². The lowest BCUT2D eigenvalue weighted by atomic mass is 9.91. The van der Waals surface area contributed by atoms with Crippen LogP contribution in [0.2, 0.25) is 0 Å². The fraction of sp³-hybridized carbons (Fsp3) is 0.978. The van der Waals surface area contributed by atoms with Crippen molar-refractivity contribution in [2.75, 3.05) is 33.0 Å². The van der Waals surface area contributed by atoms with Crippen LogP contribution in [0.5, 0.6) is 0 Å². The lowest BCUT2D eigenvalue weighted by Gasteiger charge is -2.26. The SMILES string of the molecule is CC(C)CCC[C@@H](C)CCC[C@@H](C)CCC[C@@H](C)CCOC[C@@H](COP(=O)([O-])OC[C@H]([NH3+])C(=O)[O-])OCC[C@H](C)CCC[C@H](C)CCC[C@H](C)CCCC(C)C. The van der Waals surface area contributed by atoms with E-state index in [1.165, 1.54) is 109 Å². The van der Waals surface area contributed by atoms with Crippen molar-refractivity contribution in [2.24, 2.45) is 47.3 Å². The Morgan fingerprint density at radius 2 is 0.821 bits per heavy atom. The largest absolute Gasteiger partial charge is 0.756 e. The number of carbonyl (C=O) groups is 1. The Morgan fingerprint density at radius 1 is 0.500 bits per heavy atom.